The quantitative estimate of drug-likeness (QED) is 0.740. The second kappa shape index (κ2) is 4.23. The number of anilines is 1. The molecule has 1 N–H and O–H groups in total. The predicted molar refractivity (Wildman–Crippen MR) is 46.2 cm³/mol. The fraction of sp³-hybridized carbons (Fsp3) is 0.167. The molecule has 0 saturated carbocycles. The molecule has 0 aliphatic heterocycles. The molecule has 1 aromatic rings. The largest absolute Gasteiger partial charge is 0.292 e. The molecule has 6 heteroatoms. The molecule has 4 nitrogen and oxygen atoms in total. The molecule has 0 bridgehead atoms. The summed E-state index contributed by atoms with van der Waals surface area (Å²) in [5, 5.41) is 2.32. The standard InChI is InChI=1S/C6H5Cl2N3O/c7-4(8)5(12)11-6-9-2-1-3-10-6/h1-4H,(H,9,10,11,12). The molecule has 0 saturated heterocycles. The smallest absolute Gasteiger partial charge is 0.260 e. The molecular formula is C6H5Cl2N3O. The lowest BCUT2D eigenvalue weighted by molar-refractivity contribution is -0.114. The van der Waals surface area contributed by atoms with Crippen LogP contribution < -0.4 is 5.32 Å². The van der Waals surface area contributed by atoms with Crippen LogP contribution in [0.25, 0.3) is 0 Å². The van der Waals surface area contributed by atoms with E-state index in [-0.39, 0.29) is 5.95 Å². The lowest BCUT2D eigenvalue weighted by Crippen LogP contribution is -2.19. The Balaban J connectivity index is 2.59. The van der Waals surface area contributed by atoms with Gasteiger partial charge in [0.25, 0.3) is 5.91 Å². The molecule has 12 heavy (non-hydrogen) atoms. The first-order valence-corrected chi connectivity index (χ1v) is 3.93. The summed E-state index contributed by atoms with van der Waals surface area (Å²) in [4.78, 5) is 17.2. The highest BCUT2D eigenvalue weighted by Crippen LogP contribution is 2.04. The van der Waals surface area contributed by atoms with E-state index in [2.05, 4.69) is 15.3 Å². The minimum atomic E-state index is -1.10. The second-order valence-corrected chi connectivity index (χ2v) is 2.96. The third-order valence-corrected chi connectivity index (χ3v) is 1.40. The van der Waals surface area contributed by atoms with Crippen molar-refractivity contribution in [3.05, 3.63) is 18.5 Å². The van der Waals surface area contributed by atoms with Gasteiger partial charge in [-0.25, -0.2) is 9.97 Å². The van der Waals surface area contributed by atoms with E-state index in [1.807, 2.05) is 0 Å². The van der Waals surface area contributed by atoms with Crippen molar-refractivity contribution in [3.63, 3.8) is 0 Å². The SMILES string of the molecule is O=C(Nc1ncccn1)C(Cl)Cl. The second-order valence-electron chi connectivity index (χ2n) is 1.86. The van der Waals surface area contributed by atoms with Gasteiger partial charge in [0.2, 0.25) is 5.95 Å². The Morgan fingerprint density at radius 1 is 1.42 bits per heavy atom. The number of carbonyl (C=O) groups is 1. The van der Waals surface area contributed by atoms with E-state index >= 15 is 0 Å². The molecule has 0 fully saturated rings. The first kappa shape index (κ1) is 9.22. The number of halogens is 2. The molecule has 0 radical (unpaired) electrons. The Kier molecular flexibility index (Phi) is 3.25. The van der Waals surface area contributed by atoms with E-state index in [4.69, 9.17) is 23.2 Å². The van der Waals surface area contributed by atoms with Gasteiger partial charge in [-0.2, -0.15) is 0 Å². The summed E-state index contributed by atoms with van der Waals surface area (Å²) in [6.45, 7) is 0. The van der Waals surface area contributed by atoms with E-state index < -0.39 is 10.7 Å². The van der Waals surface area contributed by atoms with Crippen molar-refractivity contribution >= 4 is 35.1 Å². The molecule has 0 aromatic carbocycles. The maximum Gasteiger partial charge on any atom is 0.260 e. The zero-order valence-corrected chi connectivity index (χ0v) is 7.38. The van der Waals surface area contributed by atoms with Crippen LogP contribution in [0.5, 0.6) is 0 Å². The number of carbonyl (C=O) groups excluding carboxylic acids is 1. The normalized spacial score (nSPS) is 9.92. The Morgan fingerprint density at radius 2 is 2.00 bits per heavy atom. The lowest BCUT2D eigenvalue weighted by Gasteiger charge is -2.01. The van der Waals surface area contributed by atoms with E-state index in [1.54, 1.807) is 6.07 Å². The average molecular weight is 206 g/mol. The Hall–Kier alpha value is -0.870. The van der Waals surface area contributed by atoms with Crippen molar-refractivity contribution in [2.45, 2.75) is 4.84 Å². The van der Waals surface area contributed by atoms with Crippen molar-refractivity contribution in [2.24, 2.45) is 0 Å². The number of rotatable bonds is 2. The number of hydrogen-bond acceptors (Lipinski definition) is 3. The number of hydrogen-bond donors (Lipinski definition) is 1. The fourth-order valence-electron chi connectivity index (χ4n) is 0.528. The van der Waals surface area contributed by atoms with Gasteiger partial charge in [0, 0.05) is 12.4 Å². The van der Waals surface area contributed by atoms with E-state index in [0.29, 0.717) is 0 Å². The van der Waals surface area contributed by atoms with Crippen LogP contribution in [0.15, 0.2) is 18.5 Å². The van der Waals surface area contributed by atoms with Gasteiger partial charge < -0.3 is 0 Å². The van der Waals surface area contributed by atoms with Crippen LogP contribution in [-0.2, 0) is 4.79 Å². The number of nitrogens with zero attached hydrogens (tertiary/aromatic N) is 2. The van der Waals surface area contributed by atoms with Gasteiger partial charge in [-0.05, 0) is 6.07 Å². The predicted octanol–water partition coefficient (Wildman–Crippen LogP) is 1.22. The number of amides is 1. The van der Waals surface area contributed by atoms with Crippen LogP contribution in [0.1, 0.15) is 0 Å². The molecule has 0 unspecified atom stereocenters. The molecule has 1 amide bonds. The van der Waals surface area contributed by atoms with E-state index in [0.717, 1.165) is 0 Å². The van der Waals surface area contributed by atoms with Crippen molar-refractivity contribution in [2.75, 3.05) is 5.32 Å². The van der Waals surface area contributed by atoms with Gasteiger partial charge in [0.1, 0.15) is 0 Å². The van der Waals surface area contributed by atoms with Gasteiger partial charge >= 0.3 is 0 Å². The Morgan fingerprint density at radius 3 is 2.50 bits per heavy atom. The maximum atomic E-state index is 10.9. The number of aromatic nitrogens is 2. The van der Waals surface area contributed by atoms with Crippen LogP contribution in [0.2, 0.25) is 0 Å². The minimum absolute atomic E-state index is 0.189. The minimum Gasteiger partial charge on any atom is -0.292 e. The highest BCUT2D eigenvalue weighted by Gasteiger charge is 2.11. The van der Waals surface area contributed by atoms with Gasteiger partial charge in [-0.1, -0.05) is 23.2 Å². The third kappa shape index (κ3) is 2.64. The summed E-state index contributed by atoms with van der Waals surface area (Å²) in [7, 11) is 0. The number of alkyl halides is 2. The zero-order chi connectivity index (χ0) is 8.97. The third-order valence-electron chi connectivity index (χ3n) is 0.999. The van der Waals surface area contributed by atoms with Crippen molar-refractivity contribution < 1.29 is 4.79 Å². The monoisotopic (exact) mass is 205 g/mol. The summed E-state index contributed by atoms with van der Waals surface area (Å²) >= 11 is 10.6. The van der Waals surface area contributed by atoms with Crippen LogP contribution in [0.4, 0.5) is 5.95 Å². The molecule has 0 spiro atoms. The van der Waals surface area contributed by atoms with Crippen molar-refractivity contribution in [1.29, 1.82) is 0 Å². The van der Waals surface area contributed by atoms with Crippen LogP contribution in [0.3, 0.4) is 0 Å². The van der Waals surface area contributed by atoms with Crippen LogP contribution in [0, 0.1) is 0 Å². The molecule has 1 heterocycles. The van der Waals surface area contributed by atoms with Gasteiger partial charge in [-0.3, -0.25) is 10.1 Å². The zero-order valence-electron chi connectivity index (χ0n) is 5.87. The van der Waals surface area contributed by atoms with Gasteiger partial charge in [0.15, 0.2) is 4.84 Å². The summed E-state index contributed by atoms with van der Waals surface area (Å²) < 4.78 is 0. The Labute approximate surface area is 78.9 Å². The average Bonchev–Trinajstić information content (AvgIpc) is 2.06. The molecule has 64 valence electrons. The van der Waals surface area contributed by atoms with Gasteiger partial charge in [0.05, 0.1) is 0 Å². The first-order valence-electron chi connectivity index (χ1n) is 3.06. The molecule has 1 aromatic heterocycles. The topological polar surface area (TPSA) is 54.9 Å². The van der Waals surface area contributed by atoms with Crippen LogP contribution in [-0.4, -0.2) is 20.7 Å². The molecule has 0 atom stereocenters. The maximum absolute atomic E-state index is 10.9. The summed E-state index contributed by atoms with van der Waals surface area (Å²) in [6.07, 6.45) is 3.00. The number of nitrogens with one attached hydrogen (secondary N) is 1. The van der Waals surface area contributed by atoms with E-state index in [1.165, 1.54) is 12.4 Å². The highest BCUT2D eigenvalue weighted by molar-refractivity contribution is 6.54. The molecule has 1 rings (SSSR count). The summed E-state index contributed by atoms with van der Waals surface area (Å²) in [5.41, 5.74) is 0. The van der Waals surface area contributed by atoms with Gasteiger partial charge in [-0.15, -0.1) is 0 Å². The van der Waals surface area contributed by atoms with E-state index in [9.17, 15) is 4.79 Å². The summed E-state index contributed by atoms with van der Waals surface area (Å²) in [6, 6.07) is 1.63. The first-order chi connectivity index (χ1) is 5.70. The lowest BCUT2D eigenvalue weighted by atomic mass is 10.6. The molecule has 0 aliphatic carbocycles. The summed E-state index contributed by atoms with van der Waals surface area (Å²) in [5.74, 6) is -0.349. The van der Waals surface area contributed by atoms with Crippen molar-refractivity contribution in [1.82, 2.24) is 9.97 Å². The molecule has 0 aliphatic rings. The Bertz CT molecular complexity index is 265. The fourth-order valence-corrected chi connectivity index (χ4v) is 0.637. The van der Waals surface area contributed by atoms with Crippen LogP contribution >= 0.6 is 23.2 Å². The van der Waals surface area contributed by atoms with Crippen molar-refractivity contribution in [3.8, 4) is 0 Å². The molecular weight excluding hydrogens is 201 g/mol. The highest BCUT2D eigenvalue weighted by atomic mass is 35.5.